The van der Waals surface area contributed by atoms with Crippen LogP contribution < -0.4 is 46.2 Å². The number of phosphoric ester groups is 3. The molecule has 2 aromatic heterocycles. The Morgan fingerprint density at radius 3 is 2.28 bits per heavy atom. The van der Waals surface area contributed by atoms with Gasteiger partial charge in [0.25, 0.3) is 15.6 Å². The normalized spacial score (nSPS) is 21.9. The van der Waals surface area contributed by atoms with E-state index in [4.69, 9.17) is 10.5 Å². The van der Waals surface area contributed by atoms with Gasteiger partial charge in [0.1, 0.15) is 41.9 Å². The summed E-state index contributed by atoms with van der Waals surface area (Å²) in [4.78, 5) is 118. The Morgan fingerprint density at radius 1 is 1.02 bits per heavy atom. The van der Waals surface area contributed by atoms with Crippen molar-refractivity contribution in [3.05, 3.63) is 12.7 Å². The highest BCUT2D eigenvalue weighted by Gasteiger charge is 2.47. The molecule has 3 heterocycles. The van der Waals surface area contributed by atoms with E-state index in [0.29, 0.717) is 11.8 Å². The number of carboxylic acid groups (broad SMARTS) is 2. The Labute approximate surface area is 341 Å². The Morgan fingerprint density at radius 2 is 1.67 bits per heavy atom. The molecule has 1 aliphatic heterocycles. The van der Waals surface area contributed by atoms with Crippen molar-refractivity contribution < 1.29 is 105 Å². The van der Waals surface area contributed by atoms with Gasteiger partial charge in [-0.05, 0) is 0 Å². The molecule has 338 valence electrons. The van der Waals surface area contributed by atoms with Crippen LogP contribution in [0.1, 0.15) is 39.3 Å². The zero-order chi connectivity index (χ0) is 45.4. The average Bonchev–Trinajstić information content (AvgIpc) is 3.67. The lowest BCUT2D eigenvalue weighted by atomic mass is 9.87. The summed E-state index contributed by atoms with van der Waals surface area (Å²) in [5, 5.41) is 56.4. The van der Waals surface area contributed by atoms with Gasteiger partial charge in [-0.25, -0.2) is 19.3 Å². The van der Waals surface area contributed by atoms with Crippen LogP contribution in [0.15, 0.2) is 12.7 Å². The molecule has 0 bridgehead atoms. The van der Waals surface area contributed by atoms with Gasteiger partial charge in [-0.3, -0.25) is 28.1 Å². The molecule has 8 atom stereocenters. The van der Waals surface area contributed by atoms with Crippen molar-refractivity contribution in [1.29, 1.82) is 0 Å². The predicted molar refractivity (Wildman–Crippen MR) is 182 cm³/mol. The van der Waals surface area contributed by atoms with E-state index in [0.717, 1.165) is 31.1 Å². The zero-order valence-corrected chi connectivity index (χ0v) is 34.4. The van der Waals surface area contributed by atoms with Gasteiger partial charge in [-0.2, -0.15) is 0 Å². The monoisotopic (exact) mass is 935 g/mol. The second kappa shape index (κ2) is 20.6. The number of amides is 2. The number of carbonyl (C=O) groups is 5. The molecule has 7 N–H and O–H groups in total. The van der Waals surface area contributed by atoms with E-state index in [9.17, 15) is 82.8 Å². The van der Waals surface area contributed by atoms with Crippen LogP contribution in [0.4, 0.5) is 5.82 Å². The number of thioether (sulfide) groups is 1. The predicted octanol–water partition coefficient (Wildman–Crippen LogP) is -7.85. The Bertz CT molecular complexity index is 2050. The van der Waals surface area contributed by atoms with Crippen molar-refractivity contribution in [1.82, 2.24) is 30.2 Å². The molecule has 33 heteroatoms. The van der Waals surface area contributed by atoms with Crippen LogP contribution in [-0.2, 0) is 60.3 Å². The summed E-state index contributed by atoms with van der Waals surface area (Å²) in [6.07, 6.45) is -10.6. The largest absolute Gasteiger partial charge is 0.790 e. The van der Waals surface area contributed by atoms with Gasteiger partial charge in [0.05, 0.1) is 39.8 Å². The molecule has 0 saturated carbocycles. The van der Waals surface area contributed by atoms with Crippen LogP contribution in [0.25, 0.3) is 11.2 Å². The summed E-state index contributed by atoms with van der Waals surface area (Å²) >= 11 is 0.465. The summed E-state index contributed by atoms with van der Waals surface area (Å²) < 4.78 is 60.3. The minimum atomic E-state index is -5.97. The molecule has 1 saturated heterocycles. The van der Waals surface area contributed by atoms with Gasteiger partial charge in [0.2, 0.25) is 11.8 Å². The number of carboxylic acids is 2. The van der Waals surface area contributed by atoms with Crippen LogP contribution in [0.3, 0.4) is 0 Å². The lowest BCUT2D eigenvalue weighted by Gasteiger charge is -2.36. The van der Waals surface area contributed by atoms with Crippen LogP contribution >= 0.6 is 35.2 Å². The molecule has 1 aliphatic rings. The van der Waals surface area contributed by atoms with E-state index in [1.165, 1.54) is 0 Å². The van der Waals surface area contributed by atoms with Gasteiger partial charge in [0.15, 0.2) is 22.8 Å². The van der Waals surface area contributed by atoms with Crippen LogP contribution in [0.2, 0.25) is 0 Å². The van der Waals surface area contributed by atoms with E-state index in [-0.39, 0.29) is 42.2 Å². The fourth-order valence-electron chi connectivity index (χ4n) is 5.01. The number of anilines is 1. The fraction of sp³-hybridized carbons (Fsp3) is 0.630. The molecular weight excluding hydrogens is 899 g/mol. The number of aromatic nitrogens is 4. The van der Waals surface area contributed by atoms with Crippen molar-refractivity contribution in [3.63, 3.8) is 0 Å². The average molecular weight is 936 g/mol. The summed E-state index contributed by atoms with van der Waals surface area (Å²) in [6, 6.07) is 0. The van der Waals surface area contributed by atoms with Gasteiger partial charge < -0.3 is 93.9 Å². The standard InChI is InChI=1S/C27H42N7O22P3S/c1-26(2,20(40)23(41)30-4-3-14(35)29-5-6-60-16(38)8-27(44,25(42)43)7-15(36)37)10-53-59(50,51)56-58(48,49)52-9-13-19(55-57(45,46)47)18(39)24(54-13)34-12-33-17-21(28)31-11-32-22(17)34/h11-13,18-20,24,39-40,44H,3-10H2,1-2H3,(H,29,35)(H,30,41)(H,36,37)(H,42,43)(H,48,49)(H,50,51)(H2,28,31,32)(H2,45,46,47)/p-6/t13-,18-,19-,20+,24-,27+/m1/s1. The summed E-state index contributed by atoms with van der Waals surface area (Å²) in [7, 11) is -17.8. The third-order valence-electron chi connectivity index (χ3n) is 7.99. The molecule has 29 nitrogen and oxygen atoms in total. The van der Waals surface area contributed by atoms with E-state index in [2.05, 4.69) is 43.5 Å². The van der Waals surface area contributed by atoms with Crippen LogP contribution in [-0.4, -0.2) is 126 Å². The first-order valence-electron chi connectivity index (χ1n) is 16.7. The van der Waals surface area contributed by atoms with Crippen LogP contribution in [0, 0.1) is 5.41 Å². The lowest BCUT2D eigenvalue weighted by molar-refractivity contribution is -0.347. The number of aliphatic hydroxyl groups is 3. The second-order valence-corrected chi connectivity index (χ2v) is 18.5. The molecule has 0 radical (unpaired) electrons. The maximum absolute atomic E-state index is 12.5. The summed E-state index contributed by atoms with van der Waals surface area (Å²) in [5.41, 5.74) is 0.900. The van der Waals surface area contributed by atoms with Crippen molar-refractivity contribution >= 4 is 81.1 Å². The topological polar surface area (TPSA) is 475 Å². The molecule has 0 aromatic carbocycles. The van der Waals surface area contributed by atoms with Crippen molar-refractivity contribution in [2.75, 3.05) is 37.8 Å². The first kappa shape index (κ1) is 50.8. The van der Waals surface area contributed by atoms with E-state index in [1.807, 2.05) is 0 Å². The lowest BCUT2D eigenvalue weighted by Crippen LogP contribution is -2.52. The minimum Gasteiger partial charge on any atom is -0.790 e. The van der Waals surface area contributed by atoms with Crippen molar-refractivity contribution in [3.8, 4) is 0 Å². The van der Waals surface area contributed by atoms with Gasteiger partial charge in [0, 0.05) is 43.1 Å². The number of aliphatic carboxylic acids is 2. The highest BCUT2D eigenvalue weighted by molar-refractivity contribution is 8.13. The van der Waals surface area contributed by atoms with Gasteiger partial charge >= 0.3 is 0 Å². The maximum atomic E-state index is 12.5. The highest BCUT2D eigenvalue weighted by Crippen LogP contribution is 2.56. The molecule has 2 aromatic rings. The molecular formula is C27H36N7O22P3S-6. The number of hydrogen-bond donors (Lipinski definition) is 6. The third-order valence-corrected chi connectivity index (χ3v) is 11.9. The molecule has 60 heavy (non-hydrogen) atoms. The number of carbonyl (C=O) groups excluding carboxylic acids is 5. The highest BCUT2D eigenvalue weighted by atomic mass is 32.2. The molecule has 0 spiro atoms. The minimum absolute atomic E-state index is 0.0149. The number of ether oxygens (including phenoxy) is 1. The number of imidazole rings is 1. The molecule has 2 amide bonds. The number of nitrogens with zero attached hydrogens (tertiary/aromatic N) is 4. The summed E-state index contributed by atoms with van der Waals surface area (Å²) in [6.45, 7) is -0.709. The van der Waals surface area contributed by atoms with E-state index < -0.39 is 120 Å². The second-order valence-electron chi connectivity index (χ2n) is 13.2. The molecule has 1 fully saturated rings. The quantitative estimate of drug-likeness (QED) is 0.0420. The van der Waals surface area contributed by atoms with Gasteiger partial charge in [-0.15, -0.1) is 0 Å². The Hall–Kier alpha value is -3.54. The van der Waals surface area contributed by atoms with Gasteiger partial charge in [-0.1, -0.05) is 25.6 Å². The SMILES string of the molecule is CC(C)(COP(=O)([O-])OP(=O)([O-])OC[C@H]1O[C@@H](n2cnc3c(N)ncnc32)[C@H](O)[C@@H]1OP(=O)([O-])[O-])[C@@H](O)C(=O)NCCC(=O)NCCSC(=O)C[C@@](O)(CC(=O)[O-])C(=O)[O-]. The molecule has 2 unspecified atom stereocenters. The number of fused-ring (bicyclic) bond motifs is 1. The van der Waals surface area contributed by atoms with Crippen molar-refractivity contribution in [2.24, 2.45) is 5.41 Å². The fourth-order valence-corrected chi connectivity index (χ4v) is 8.52. The molecule has 0 aliphatic carbocycles. The number of nitrogen functional groups attached to an aromatic ring is 1. The van der Waals surface area contributed by atoms with Crippen molar-refractivity contribution in [2.45, 2.75) is 69.4 Å². The number of nitrogens with one attached hydrogen (secondary N) is 2. The number of nitrogens with two attached hydrogens (primary N) is 1. The first-order chi connectivity index (χ1) is 27.6. The maximum Gasteiger partial charge on any atom is 0.274 e. The number of aliphatic hydroxyl groups excluding tert-OH is 2. The first-order valence-corrected chi connectivity index (χ1v) is 22.0. The van der Waals surface area contributed by atoms with E-state index in [1.54, 1.807) is 0 Å². The number of hydrogen-bond acceptors (Lipinski definition) is 27. The summed E-state index contributed by atoms with van der Waals surface area (Å²) in [5.74, 6) is -6.19. The Balaban J connectivity index is 1.46. The smallest absolute Gasteiger partial charge is 0.274 e. The van der Waals surface area contributed by atoms with Crippen LogP contribution in [0.5, 0.6) is 0 Å². The third kappa shape index (κ3) is 14.8. The zero-order valence-electron chi connectivity index (χ0n) is 30.9. The molecule has 3 rings (SSSR count). The Kier molecular flexibility index (Phi) is 17.4. The van der Waals surface area contributed by atoms with E-state index >= 15 is 0 Å². The number of phosphoric acid groups is 3. The number of rotatable bonds is 24.